The Morgan fingerprint density at radius 3 is 2.63 bits per heavy atom. The van der Waals surface area contributed by atoms with Crippen LogP contribution in [0.25, 0.3) is 0 Å². The predicted molar refractivity (Wildman–Crippen MR) is 64.8 cm³/mol. The highest BCUT2D eigenvalue weighted by Crippen LogP contribution is 2.28. The summed E-state index contributed by atoms with van der Waals surface area (Å²) in [5.41, 5.74) is 0. The number of imide groups is 2. The largest absolute Gasteiger partial charge is 0.354 e. The van der Waals surface area contributed by atoms with Gasteiger partial charge < -0.3 is 5.32 Å². The van der Waals surface area contributed by atoms with E-state index in [0.717, 1.165) is 17.7 Å². The smallest absolute Gasteiger partial charge is 0.330 e. The van der Waals surface area contributed by atoms with Crippen LogP contribution < -0.4 is 10.6 Å². The molecular weight excluding hydrogens is 250 g/mol. The van der Waals surface area contributed by atoms with Crippen LogP contribution >= 0.6 is 0 Å². The molecule has 2 N–H and O–H groups in total. The predicted octanol–water partition coefficient (Wildman–Crippen LogP) is -0.383. The fraction of sp³-hybridized carbons (Fsp3) is 0.667. The van der Waals surface area contributed by atoms with E-state index in [2.05, 4.69) is 10.6 Å². The second-order valence-corrected chi connectivity index (χ2v) is 4.81. The van der Waals surface area contributed by atoms with Gasteiger partial charge in [0.25, 0.3) is 0 Å². The molecule has 0 aromatic carbocycles. The van der Waals surface area contributed by atoms with Gasteiger partial charge in [0.2, 0.25) is 17.7 Å². The lowest BCUT2D eigenvalue weighted by atomic mass is 10.0. The molecule has 2 rings (SSSR count). The maximum atomic E-state index is 11.9. The van der Waals surface area contributed by atoms with Gasteiger partial charge in [-0.05, 0) is 19.3 Å². The van der Waals surface area contributed by atoms with Crippen LogP contribution in [0.15, 0.2) is 0 Å². The van der Waals surface area contributed by atoms with Crippen LogP contribution in [0.2, 0.25) is 0 Å². The highest BCUT2D eigenvalue weighted by atomic mass is 16.2. The molecule has 1 saturated carbocycles. The monoisotopic (exact) mass is 267 g/mol. The lowest BCUT2D eigenvalue weighted by molar-refractivity contribution is -0.142. The molecule has 1 aliphatic carbocycles. The van der Waals surface area contributed by atoms with Crippen LogP contribution in [0, 0.1) is 11.8 Å². The molecule has 1 heterocycles. The number of hydrogen-bond donors (Lipinski definition) is 2. The molecule has 1 atom stereocenters. The summed E-state index contributed by atoms with van der Waals surface area (Å²) >= 11 is 0. The van der Waals surface area contributed by atoms with Crippen molar-refractivity contribution < 1.29 is 19.2 Å². The molecule has 0 bridgehead atoms. The standard InChI is InChI=1S/C12H17N3O4/c1-2-8-10(17)14-12(19)15(11(8)18)6-5-13-9(16)7-3-4-7/h7-8H,2-6H2,1H3,(H,13,16)(H,14,17,19). The van der Waals surface area contributed by atoms with Crippen molar-refractivity contribution in [3.05, 3.63) is 0 Å². The third-order valence-electron chi connectivity index (χ3n) is 3.35. The summed E-state index contributed by atoms with van der Waals surface area (Å²) in [4.78, 5) is 47.3. The van der Waals surface area contributed by atoms with E-state index >= 15 is 0 Å². The van der Waals surface area contributed by atoms with Crippen LogP contribution in [0.3, 0.4) is 0 Å². The van der Waals surface area contributed by atoms with E-state index in [-0.39, 0.29) is 24.9 Å². The van der Waals surface area contributed by atoms with E-state index in [1.807, 2.05) is 0 Å². The second-order valence-electron chi connectivity index (χ2n) is 4.81. The summed E-state index contributed by atoms with van der Waals surface area (Å²) in [6.45, 7) is 2.02. The highest BCUT2D eigenvalue weighted by Gasteiger charge is 2.39. The lowest BCUT2D eigenvalue weighted by Gasteiger charge is -2.29. The van der Waals surface area contributed by atoms with Crippen molar-refractivity contribution in [1.29, 1.82) is 0 Å². The molecule has 0 radical (unpaired) electrons. The number of hydrogen-bond acceptors (Lipinski definition) is 4. The first-order valence-corrected chi connectivity index (χ1v) is 6.48. The van der Waals surface area contributed by atoms with Crippen molar-refractivity contribution in [2.45, 2.75) is 26.2 Å². The molecule has 7 nitrogen and oxygen atoms in total. The maximum absolute atomic E-state index is 11.9. The first kappa shape index (κ1) is 13.5. The van der Waals surface area contributed by atoms with Crippen LogP contribution in [0.5, 0.6) is 0 Å². The maximum Gasteiger partial charge on any atom is 0.330 e. The summed E-state index contributed by atoms with van der Waals surface area (Å²) in [7, 11) is 0. The average molecular weight is 267 g/mol. The SMILES string of the molecule is CCC1C(=O)NC(=O)N(CCNC(=O)C2CC2)C1=O. The number of carbonyl (C=O) groups is 4. The van der Waals surface area contributed by atoms with Crippen molar-refractivity contribution in [2.75, 3.05) is 13.1 Å². The van der Waals surface area contributed by atoms with Crippen LogP contribution in [0.4, 0.5) is 4.79 Å². The Balaban J connectivity index is 1.86. The highest BCUT2D eigenvalue weighted by molar-refractivity contribution is 6.16. The van der Waals surface area contributed by atoms with Crippen molar-refractivity contribution in [2.24, 2.45) is 11.8 Å². The molecule has 2 aliphatic rings. The zero-order valence-electron chi connectivity index (χ0n) is 10.8. The van der Waals surface area contributed by atoms with E-state index in [4.69, 9.17) is 0 Å². The number of nitrogens with one attached hydrogen (secondary N) is 2. The summed E-state index contributed by atoms with van der Waals surface area (Å²) in [6, 6.07) is -0.708. The number of amides is 5. The average Bonchev–Trinajstić information content (AvgIpc) is 3.17. The Morgan fingerprint density at radius 2 is 2.05 bits per heavy atom. The van der Waals surface area contributed by atoms with Gasteiger partial charge in [-0.1, -0.05) is 6.92 Å². The van der Waals surface area contributed by atoms with Crippen LogP contribution in [0.1, 0.15) is 26.2 Å². The summed E-state index contributed by atoms with van der Waals surface area (Å²) in [6.07, 6.45) is 2.16. The Bertz CT molecular complexity index is 431. The first-order valence-electron chi connectivity index (χ1n) is 6.48. The zero-order valence-corrected chi connectivity index (χ0v) is 10.8. The van der Waals surface area contributed by atoms with Crippen molar-refractivity contribution in [1.82, 2.24) is 15.5 Å². The van der Waals surface area contributed by atoms with Gasteiger partial charge in [0.15, 0.2) is 0 Å². The number of carbonyl (C=O) groups excluding carboxylic acids is 4. The number of urea groups is 1. The zero-order chi connectivity index (χ0) is 14.0. The number of barbiturate groups is 1. The quantitative estimate of drug-likeness (QED) is 0.663. The summed E-state index contributed by atoms with van der Waals surface area (Å²) < 4.78 is 0. The molecule has 1 saturated heterocycles. The minimum Gasteiger partial charge on any atom is -0.354 e. The van der Waals surface area contributed by atoms with E-state index in [1.54, 1.807) is 6.92 Å². The lowest BCUT2D eigenvalue weighted by Crippen LogP contribution is -2.59. The van der Waals surface area contributed by atoms with Crippen molar-refractivity contribution in [3.8, 4) is 0 Å². The van der Waals surface area contributed by atoms with E-state index in [0.29, 0.717) is 6.42 Å². The molecule has 104 valence electrons. The van der Waals surface area contributed by atoms with Gasteiger partial charge >= 0.3 is 6.03 Å². The third kappa shape index (κ3) is 2.91. The third-order valence-corrected chi connectivity index (χ3v) is 3.35. The minimum atomic E-state index is -0.808. The molecule has 19 heavy (non-hydrogen) atoms. The first-order chi connectivity index (χ1) is 9.04. The second kappa shape index (κ2) is 5.38. The molecule has 2 fully saturated rings. The summed E-state index contributed by atoms with van der Waals surface area (Å²) in [5.74, 6) is -1.78. The van der Waals surface area contributed by atoms with Gasteiger partial charge in [0.05, 0.1) is 0 Å². The van der Waals surface area contributed by atoms with E-state index in [1.165, 1.54) is 0 Å². The van der Waals surface area contributed by atoms with E-state index < -0.39 is 23.8 Å². The number of rotatable bonds is 5. The minimum absolute atomic E-state index is 0.0343. The van der Waals surface area contributed by atoms with Crippen molar-refractivity contribution >= 4 is 23.8 Å². The Kier molecular flexibility index (Phi) is 3.82. The van der Waals surface area contributed by atoms with Gasteiger partial charge in [-0.15, -0.1) is 0 Å². The molecule has 1 aliphatic heterocycles. The normalized spacial score (nSPS) is 23.3. The Labute approximate surface area is 110 Å². The van der Waals surface area contributed by atoms with Gasteiger partial charge in [-0.2, -0.15) is 0 Å². The molecule has 0 aromatic heterocycles. The number of nitrogens with zero attached hydrogens (tertiary/aromatic N) is 1. The molecule has 0 spiro atoms. The molecule has 5 amide bonds. The van der Waals surface area contributed by atoms with Crippen LogP contribution in [-0.4, -0.2) is 41.7 Å². The Morgan fingerprint density at radius 1 is 1.37 bits per heavy atom. The molecule has 1 unspecified atom stereocenters. The van der Waals surface area contributed by atoms with Gasteiger partial charge in [0, 0.05) is 19.0 Å². The van der Waals surface area contributed by atoms with E-state index in [9.17, 15) is 19.2 Å². The fourth-order valence-electron chi connectivity index (χ4n) is 2.01. The van der Waals surface area contributed by atoms with Crippen molar-refractivity contribution in [3.63, 3.8) is 0 Å². The fourth-order valence-corrected chi connectivity index (χ4v) is 2.01. The molecule has 7 heteroatoms. The van der Waals surface area contributed by atoms with Gasteiger partial charge in [-0.25, -0.2) is 4.79 Å². The Hall–Kier alpha value is -1.92. The topological polar surface area (TPSA) is 95.6 Å². The molecule has 0 aromatic rings. The summed E-state index contributed by atoms with van der Waals surface area (Å²) in [5, 5.41) is 4.83. The van der Waals surface area contributed by atoms with Gasteiger partial charge in [0.1, 0.15) is 5.92 Å². The molecular formula is C12H17N3O4. The van der Waals surface area contributed by atoms with Gasteiger partial charge in [-0.3, -0.25) is 24.6 Å². The van der Waals surface area contributed by atoms with Crippen LogP contribution in [-0.2, 0) is 14.4 Å².